The summed E-state index contributed by atoms with van der Waals surface area (Å²) >= 11 is 0. The van der Waals surface area contributed by atoms with Gasteiger partial charge in [-0.3, -0.25) is 4.79 Å². The van der Waals surface area contributed by atoms with E-state index in [1.165, 1.54) is 12.8 Å². The van der Waals surface area contributed by atoms with Gasteiger partial charge in [-0.1, -0.05) is 25.7 Å². The molecule has 1 aliphatic heterocycles. The minimum absolute atomic E-state index is 0.00155. The highest BCUT2D eigenvalue weighted by Gasteiger charge is 2.37. The summed E-state index contributed by atoms with van der Waals surface area (Å²) < 4.78 is 6.10. The number of ether oxygens (including phenoxy) is 1. The normalized spacial score (nSPS) is 21.4. The Kier molecular flexibility index (Phi) is 3.89. The number of hydrogen-bond acceptors (Lipinski definition) is 4. The highest BCUT2D eigenvalue weighted by Crippen LogP contribution is 2.37. The van der Waals surface area contributed by atoms with Gasteiger partial charge in [0.15, 0.2) is 0 Å². The molecule has 20 heavy (non-hydrogen) atoms. The molecular weight excluding hydrogens is 254 g/mol. The van der Waals surface area contributed by atoms with Gasteiger partial charge in [0.2, 0.25) is 0 Å². The predicted molar refractivity (Wildman–Crippen MR) is 76.4 cm³/mol. The SMILES string of the molecule is CCOC1(c2nc3c(c(=O)[nH]2)CNC3)CCCCCC1. The molecule has 0 aromatic carbocycles. The van der Waals surface area contributed by atoms with E-state index in [-0.39, 0.29) is 11.2 Å². The lowest BCUT2D eigenvalue weighted by Gasteiger charge is -2.31. The molecule has 5 heteroatoms. The Morgan fingerprint density at radius 1 is 1.20 bits per heavy atom. The molecule has 2 heterocycles. The Balaban J connectivity index is 2.03. The standard InChI is InChI=1S/C15H23N3O2/c1-2-20-15(7-5-3-4-6-8-15)14-17-12-10-16-9-11(12)13(19)18-14/h16H,2-10H2,1H3,(H,17,18,19). The highest BCUT2D eigenvalue weighted by molar-refractivity contribution is 5.23. The molecule has 0 unspecified atom stereocenters. The zero-order valence-corrected chi connectivity index (χ0v) is 12.1. The van der Waals surface area contributed by atoms with Gasteiger partial charge in [0.1, 0.15) is 11.4 Å². The van der Waals surface area contributed by atoms with E-state index >= 15 is 0 Å². The third-order valence-electron chi connectivity index (χ3n) is 4.46. The van der Waals surface area contributed by atoms with Gasteiger partial charge in [0.25, 0.3) is 5.56 Å². The van der Waals surface area contributed by atoms with Crippen LogP contribution in [0, 0.1) is 0 Å². The fourth-order valence-electron chi connectivity index (χ4n) is 3.42. The summed E-state index contributed by atoms with van der Waals surface area (Å²) in [6.07, 6.45) is 6.67. The fraction of sp³-hybridized carbons (Fsp3) is 0.733. The Morgan fingerprint density at radius 3 is 2.65 bits per heavy atom. The summed E-state index contributed by atoms with van der Waals surface area (Å²) in [5, 5.41) is 3.19. The summed E-state index contributed by atoms with van der Waals surface area (Å²) in [5.74, 6) is 0.744. The molecule has 0 saturated heterocycles. The molecule has 3 rings (SSSR count). The van der Waals surface area contributed by atoms with Crippen molar-refractivity contribution in [1.29, 1.82) is 0 Å². The summed E-state index contributed by atoms with van der Waals surface area (Å²) in [7, 11) is 0. The second-order valence-corrected chi connectivity index (χ2v) is 5.78. The number of aromatic amines is 1. The van der Waals surface area contributed by atoms with Gasteiger partial charge in [0.05, 0.1) is 11.3 Å². The monoisotopic (exact) mass is 277 g/mol. The van der Waals surface area contributed by atoms with Gasteiger partial charge >= 0.3 is 0 Å². The molecule has 110 valence electrons. The number of H-pyrrole nitrogens is 1. The van der Waals surface area contributed by atoms with Gasteiger partial charge in [0, 0.05) is 19.7 Å². The van der Waals surface area contributed by atoms with Crippen molar-refractivity contribution in [3.8, 4) is 0 Å². The molecule has 1 aromatic rings. The summed E-state index contributed by atoms with van der Waals surface area (Å²) in [6.45, 7) is 3.98. The van der Waals surface area contributed by atoms with Gasteiger partial charge in [-0.25, -0.2) is 4.98 Å². The zero-order valence-electron chi connectivity index (χ0n) is 12.1. The lowest BCUT2D eigenvalue weighted by Crippen LogP contribution is -2.35. The first-order valence-corrected chi connectivity index (χ1v) is 7.72. The van der Waals surface area contributed by atoms with Gasteiger partial charge < -0.3 is 15.0 Å². The molecule has 1 aliphatic carbocycles. The van der Waals surface area contributed by atoms with Crippen LogP contribution in [0.2, 0.25) is 0 Å². The van der Waals surface area contributed by atoms with Crippen LogP contribution in [-0.2, 0) is 23.4 Å². The molecule has 0 atom stereocenters. The number of hydrogen-bond donors (Lipinski definition) is 2. The smallest absolute Gasteiger partial charge is 0.255 e. The number of fused-ring (bicyclic) bond motifs is 1. The second kappa shape index (κ2) is 5.66. The van der Waals surface area contributed by atoms with Crippen molar-refractivity contribution < 1.29 is 4.74 Å². The van der Waals surface area contributed by atoms with Crippen LogP contribution < -0.4 is 10.9 Å². The average molecular weight is 277 g/mol. The molecule has 1 fully saturated rings. The summed E-state index contributed by atoms with van der Waals surface area (Å²) in [6, 6.07) is 0. The average Bonchev–Trinajstić information content (AvgIpc) is 2.79. The second-order valence-electron chi connectivity index (χ2n) is 5.78. The van der Waals surface area contributed by atoms with E-state index in [4.69, 9.17) is 9.72 Å². The van der Waals surface area contributed by atoms with Crippen molar-refractivity contribution in [2.24, 2.45) is 0 Å². The van der Waals surface area contributed by atoms with Crippen molar-refractivity contribution in [3.05, 3.63) is 27.4 Å². The van der Waals surface area contributed by atoms with Gasteiger partial charge in [-0.2, -0.15) is 0 Å². The Hall–Kier alpha value is -1.20. The van der Waals surface area contributed by atoms with Crippen LogP contribution in [0.3, 0.4) is 0 Å². The largest absolute Gasteiger partial charge is 0.367 e. The number of nitrogens with zero attached hydrogens (tertiary/aromatic N) is 1. The van der Waals surface area contributed by atoms with Crippen LogP contribution in [0.1, 0.15) is 62.5 Å². The minimum atomic E-state index is -0.387. The topological polar surface area (TPSA) is 67.0 Å². The molecular formula is C15H23N3O2. The Labute approximate surface area is 119 Å². The maximum absolute atomic E-state index is 12.2. The van der Waals surface area contributed by atoms with Crippen molar-refractivity contribution in [2.45, 2.75) is 64.1 Å². The molecule has 1 saturated carbocycles. The quantitative estimate of drug-likeness (QED) is 0.829. The molecule has 0 bridgehead atoms. The molecule has 1 aromatic heterocycles. The highest BCUT2D eigenvalue weighted by atomic mass is 16.5. The first-order chi connectivity index (χ1) is 9.75. The number of rotatable bonds is 3. The van der Waals surface area contributed by atoms with Crippen LogP contribution in [0.25, 0.3) is 0 Å². The van der Waals surface area contributed by atoms with Crippen molar-refractivity contribution in [1.82, 2.24) is 15.3 Å². The van der Waals surface area contributed by atoms with Crippen molar-refractivity contribution in [2.75, 3.05) is 6.61 Å². The van der Waals surface area contributed by atoms with E-state index in [2.05, 4.69) is 10.3 Å². The van der Waals surface area contributed by atoms with Gasteiger partial charge in [-0.15, -0.1) is 0 Å². The zero-order chi connectivity index (χ0) is 14.0. The van der Waals surface area contributed by atoms with E-state index < -0.39 is 0 Å². The Bertz CT molecular complexity index is 530. The van der Waals surface area contributed by atoms with Crippen LogP contribution in [0.5, 0.6) is 0 Å². The van der Waals surface area contributed by atoms with E-state index in [0.29, 0.717) is 19.7 Å². The third kappa shape index (κ3) is 2.40. The maximum atomic E-state index is 12.2. The minimum Gasteiger partial charge on any atom is -0.367 e. The van der Waals surface area contributed by atoms with Crippen molar-refractivity contribution in [3.63, 3.8) is 0 Å². The molecule has 5 nitrogen and oxygen atoms in total. The van der Waals surface area contributed by atoms with Crippen LogP contribution >= 0.6 is 0 Å². The van der Waals surface area contributed by atoms with Crippen LogP contribution in [0.15, 0.2) is 4.79 Å². The first-order valence-electron chi connectivity index (χ1n) is 7.72. The molecule has 0 amide bonds. The van der Waals surface area contributed by atoms with E-state index in [9.17, 15) is 4.79 Å². The van der Waals surface area contributed by atoms with Crippen LogP contribution in [-0.4, -0.2) is 16.6 Å². The van der Waals surface area contributed by atoms with E-state index in [0.717, 1.165) is 42.8 Å². The summed E-state index contributed by atoms with van der Waals surface area (Å²) in [5.41, 5.74) is 1.29. The maximum Gasteiger partial charge on any atom is 0.255 e. The van der Waals surface area contributed by atoms with Gasteiger partial charge in [-0.05, 0) is 19.8 Å². The number of aromatic nitrogens is 2. The fourth-order valence-corrected chi connectivity index (χ4v) is 3.42. The van der Waals surface area contributed by atoms with E-state index in [1.54, 1.807) is 0 Å². The van der Waals surface area contributed by atoms with Crippen molar-refractivity contribution >= 4 is 0 Å². The lowest BCUT2D eigenvalue weighted by atomic mass is 9.92. The molecule has 0 spiro atoms. The molecule has 2 N–H and O–H groups in total. The number of nitrogens with one attached hydrogen (secondary N) is 2. The molecule has 0 radical (unpaired) electrons. The van der Waals surface area contributed by atoms with E-state index in [1.807, 2.05) is 6.92 Å². The summed E-state index contributed by atoms with van der Waals surface area (Å²) in [4.78, 5) is 19.9. The Morgan fingerprint density at radius 2 is 1.95 bits per heavy atom. The van der Waals surface area contributed by atoms with Crippen LogP contribution in [0.4, 0.5) is 0 Å². The third-order valence-corrected chi connectivity index (χ3v) is 4.46. The first kappa shape index (κ1) is 13.8. The molecule has 2 aliphatic rings. The lowest BCUT2D eigenvalue weighted by molar-refractivity contribution is -0.0627. The predicted octanol–water partition coefficient (Wildman–Crippen LogP) is 1.96.